The molecule has 92 valence electrons. The third-order valence-corrected chi connectivity index (χ3v) is 3.78. The van der Waals surface area contributed by atoms with Crippen molar-refractivity contribution in [2.75, 3.05) is 0 Å². The SMILES string of the molecule is O.O=C=C1CCCCC1NC1CCCCC1. The molecule has 1 unspecified atom stereocenters. The van der Waals surface area contributed by atoms with Gasteiger partial charge in [-0.2, -0.15) is 0 Å². The van der Waals surface area contributed by atoms with Gasteiger partial charge in [-0.1, -0.05) is 25.7 Å². The summed E-state index contributed by atoms with van der Waals surface area (Å²) >= 11 is 0. The molecule has 0 amide bonds. The molecule has 3 N–H and O–H groups in total. The minimum Gasteiger partial charge on any atom is -0.412 e. The van der Waals surface area contributed by atoms with Crippen molar-refractivity contribution < 1.29 is 10.3 Å². The van der Waals surface area contributed by atoms with Gasteiger partial charge in [0.25, 0.3) is 0 Å². The molecular formula is C13H23NO2. The lowest BCUT2D eigenvalue weighted by Gasteiger charge is -2.31. The quantitative estimate of drug-likeness (QED) is 0.728. The highest BCUT2D eigenvalue weighted by atomic mass is 16.1. The third-order valence-electron chi connectivity index (χ3n) is 3.78. The van der Waals surface area contributed by atoms with E-state index >= 15 is 0 Å². The van der Waals surface area contributed by atoms with E-state index < -0.39 is 0 Å². The lowest BCUT2D eigenvalue weighted by molar-refractivity contribution is 0.327. The van der Waals surface area contributed by atoms with Crippen LogP contribution in [0.2, 0.25) is 0 Å². The van der Waals surface area contributed by atoms with Crippen LogP contribution in [0, 0.1) is 0 Å². The van der Waals surface area contributed by atoms with E-state index in [2.05, 4.69) is 11.3 Å². The maximum Gasteiger partial charge on any atom is 0.125 e. The van der Waals surface area contributed by atoms with Crippen molar-refractivity contribution in [3.63, 3.8) is 0 Å². The molecule has 0 saturated heterocycles. The van der Waals surface area contributed by atoms with E-state index in [-0.39, 0.29) is 5.48 Å². The van der Waals surface area contributed by atoms with Gasteiger partial charge in [0, 0.05) is 17.7 Å². The average Bonchev–Trinajstić information content (AvgIpc) is 2.31. The summed E-state index contributed by atoms with van der Waals surface area (Å²) < 4.78 is 0. The Balaban J connectivity index is 0.00000128. The van der Waals surface area contributed by atoms with Crippen LogP contribution in [0.25, 0.3) is 0 Å². The van der Waals surface area contributed by atoms with Crippen molar-refractivity contribution in [2.45, 2.75) is 69.9 Å². The second kappa shape index (κ2) is 6.85. The predicted octanol–water partition coefficient (Wildman–Crippen LogP) is 1.78. The molecule has 0 aromatic carbocycles. The summed E-state index contributed by atoms with van der Waals surface area (Å²) in [5, 5.41) is 3.66. The molecule has 0 radical (unpaired) electrons. The highest BCUT2D eigenvalue weighted by Gasteiger charge is 2.23. The minimum absolute atomic E-state index is 0. The Labute approximate surface area is 97.6 Å². The molecule has 0 spiro atoms. The van der Waals surface area contributed by atoms with Gasteiger partial charge in [0.2, 0.25) is 0 Å². The number of hydrogen-bond donors (Lipinski definition) is 1. The molecule has 2 aliphatic carbocycles. The van der Waals surface area contributed by atoms with Gasteiger partial charge in [-0.25, -0.2) is 4.79 Å². The molecule has 2 fully saturated rings. The van der Waals surface area contributed by atoms with Crippen molar-refractivity contribution in [2.24, 2.45) is 0 Å². The van der Waals surface area contributed by atoms with Crippen LogP contribution in [0.5, 0.6) is 0 Å². The molecule has 3 nitrogen and oxygen atoms in total. The van der Waals surface area contributed by atoms with Crippen LogP contribution < -0.4 is 5.32 Å². The van der Waals surface area contributed by atoms with Crippen LogP contribution in [0.1, 0.15) is 57.8 Å². The standard InChI is InChI=1S/C13H21NO.H2O/c15-10-11-6-4-5-9-13(11)14-12-7-2-1-3-8-12;/h12-14H,1-9H2;1H2. The van der Waals surface area contributed by atoms with E-state index in [0.717, 1.165) is 18.4 Å². The summed E-state index contributed by atoms with van der Waals surface area (Å²) in [5.41, 5.74) is 0.992. The molecule has 3 heteroatoms. The first-order chi connectivity index (χ1) is 7.40. The first-order valence-electron chi connectivity index (χ1n) is 6.40. The fraction of sp³-hybridized carbons (Fsp3) is 0.846. The van der Waals surface area contributed by atoms with Crippen molar-refractivity contribution in [1.29, 1.82) is 0 Å². The summed E-state index contributed by atoms with van der Waals surface area (Å²) in [4.78, 5) is 10.8. The van der Waals surface area contributed by atoms with Crippen LogP contribution in [0.3, 0.4) is 0 Å². The second-order valence-electron chi connectivity index (χ2n) is 4.93. The van der Waals surface area contributed by atoms with Crippen LogP contribution in [-0.4, -0.2) is 23.5 Å². The van der Waals surface area contributed by atoms with E-state index in [4.69, 9.17) is 0 Å². The normalized spacial score (nSPS) is 27.0. The van der Waals surface area contributed by atoms with Crippen molar-refractivity contribution in [3.05, 3.63) is 5.57 Å². The van der Waals surface area contributed by atoms with Gasteiger partial charge < -0.3 is 10.8 Å². The van der Waals surface area contributed by atoms with Crippen molar-refractivity contribution in [1.82, 2.24) is 5.32 Å². The zero-order chi connectivity index (χ0) is 10.5. The number of hydrogen-bond acceptors (Lipinski definition) is 2. The Morgan fingerprint density at radius 2 is 1.69 bits per heavy atom. The van der Waals surface area contributed by atoms with Gasteiger partial charge in [-0.15, -0.1) is 0 Å². The first-order valence-corrected chi connectivity index (χ1v) is 6.40. The molecule has 16 heavy (non-hydrogen) atoms. The summed E-state index contributed by atoms with van der Waals surface area (Å²) in [5.74, 6) is 2.15. The van der Waals surface area contributed by atoms with E-state index in [1.165, 1.54) is 44.9 Å². The van der Waals surface area contributed by atoms with Gasteiger partial charge in [-0.05, 0) is 32.1 Å². The third kappa shape index (κ3) is 3.44. The number of carbonyl (C=O) groups excluding carboxylic acids is 1. The largest absolute Gasteiger partial charge is 0.412 e. The van der Waals surface area contributed by atoms with Gasteiger partial charge >= 0.3 is 0 Å². The van der Waals surface area contributed by atoms with E-state index in [1.54, 1.807) is 0 Å². The summed E-state index contributed by atoms with van der Waals surface area (Å²) in [7, 11) is 0. The Hall–Kier alpha value is -0.630. The number of nitrogens with one attached hydrogen (secondary N) is 1. The van der Waals surface area contributed by atoms with Crippen LogP contribution in [0.15, 0.2) is 5.57 Å². The van der Waals surface area contributed by atoms with Crippen LogP contribution in [-0.2, 0) is 4.79 Å². The molecule has 2 aliphatic rings. The Bertz CT molecular complexity index is 253. The summed E-state index contributed by atoms with van der Waals surface area (Å²) in [6, 6.07) is 1.00. The van der Waals surface area contributed by atoms with Crippen molar-refractivity contribution in [3.8, 4) is 0 Å². The fourth-order valence-electron chi connectivity index (χ4n) is 2.87. The Morgan fingerprint density at radius 3 is 2.38 bits per heavy atom. The number of rotatable bonds is 2. The molecular weight excluding hydrogens is 202 g/mol. The van der Waals surface area contributed by atoms with Gasteiger partial charge in [0.1, 0.15) is 5.94 Å². The highest BCUT2D eigenvalue weighted by molar-refractivity contribution is 5.54. The smallest absolute Gasteiger partial charge is 0.125 e. The second-order valence-corrected chi connectivity index (χ2v) is 4.93. The topological polar surface area (TPSA) is 60.6 Å². The summed E-state index contributed by atoms with van der Waals surface area (Å²) in [6.07, 6.45) is 11.2. The van der Waals surface area contributed by atoms with Gasteiger partial charge in [0.15, 0.2) is 0 Å². The predicted molar refractivity (Wildman–Crippen MR) is 65.1 cm³/mol. The highest BCUT2D eigenvalue weighted by Crippen LogP contribution is 2.24. The fourth-order valence-corrected chi connectivity index (χ4v) is 2.87. The molecule has 0 aromatic rings. The van der Waals surface area contributed by atoms with E-state index in [9.17, 15) is 4.79 Å². The molecule has 0 aromatic heterocycles. The van der Waals surface area contributed by atoms with Crippen LogP contribution in [0.4, 0.5) is 0 Å². The van der Waals surface area contributed by atoms with Gasteiger partial charge in [0.05, 0.1) is 0 Å². The minimum atomic E-state index is 0. The van der Waals surface area contributed by atoms with Crippen molar-refractivity contribution >= 4 is 5.94 Å². The zero-order valence-corrected chi connectivity index (χ0v) is 9.93. The lowest BCUT2D eigenvalue weighted by atomic mass is 9.88. The first kappa shape index (κ1) is 13.4. The maximum absolute atomic E-state index is 10.8. The van der Waals surface area contributed by atoms with E-state index in [1.807, 2.05) is 0 Å². The van der Waals surface area contributed by atoms with Gasteiger partial charge in [-0.3, -0.25) is 0 Å². The molecule has 1 atom stereocenters. The Kier molecular flexibility index (Phi) is 5.75. The molecule has 2 rings (SSSR count). The molecule has 0 heterocycles. The average molecular weight is 225 g/mol. The van der Waals surface area contributed by atoms with E-state index in [0.29, 0.717) is 12.1 Å². The Morgan fingerprint density at radius 1 is 1.00 bits per heavy atom. The molecule has 0 aliphatic heterocycles. The summed E-state index contributed by atoms with van der Waals surface area (Å²) in [6.45, 7) is 0. The zero-order valence-electron chi connectivity index (χ0n) is 9.93. The molecule has 2 saturated carbocycles. The van der Waals surface area contributed by atoms with Crippen LogP contribution >= 0.6 is 0 Å². The maximum atomic E-state index is 10.8. The lowest BCUT2D eigenvalue weighted by Crippen LogP contribution is -2.41. The molecule has 0 bridgehead atoms. The monoisotopic (exact) mass is 225 g/mol.